The summed E-state index contributed by atoms with van der Waals surface area (Å²) in [4.78, 5) is 14.7. The van der Waals surface area contributed by atoms with Gasteiger partial charge in [0.25, 0.3) is 0 Å². The average molecular weight is 419 g/mol. The van der Waals surface area contributed by atoms with Gasteiger partial charge in [0.15, 0.2) is 0 Å². The number of carbonyl (C=O) groups is 1. The lowest BCUT2D eigenvalue weighted by Gasteiger charge is -2.36. The van der Waals surface area contributed by atoms with Crippen LogP contribution in [0.1, 0.15) is 30.0 Å². The van der Waals surface area contributed by atoms with Crippen molar-refractivity contribution in [2.75, 3.05) is 26.2 Å². The molecule has 1 amide bonds. The summed E-state index contributed by atoms with van der Waals surface area (Å²) in [6.07, 6.45) is 0.433. The highest BCUT2D eigenvalue weighted by Crippen LogP contribution is 2.64. The Labute approximate surface area is 165 Å². The topological polar surface area (TPSA) is 57.7 Å². The fraction of sp³-hybridized carbons (Fsp3) is 0.611. The molecule has 1 aliphatic carbocycles. The number of amides is 1. The minimum atomic E-state index is -3.59. The van der Waals surface area contributed by atoms with Gasteiger partial charge in [-0.2, -0.15) is 4.31 Å². The van der Waals surface area contributed by atoms with Crippen molar-refractivity contribution in [1.82, 2.24) is 9.21 Å². The third kappa shape index (κ3) is 3.15. The second-order valence-electron chi connectivity index (χ2n) is 7.64. The van der Waals surface area contributed by atoms with Crippen LogP contribution >= 0.6 is 23.2 Å². The van der Waals surface area contributed by atoms with Crippen LogP contribution in [0.2, 0.25) is 0 Å². The fourth-order valence-corrected chi connectivity index (χ4v) is 6.35. The Kier molecular flexibility index (Phi) is 4.88. The van der Waals surface area contributed by atoms with Gasteiger partial charge < -0.3 is 4.90 Å². The molecule has 1 unspecified atom stereocenters. The maximum absolute atomic E-state index is 13.1. The van der Waals surface area contributed by atoms with E-state index < -0.39 is 19.8 Å². The summed E-state index contributed by atoms with van der Waals surface area (Å²) in [6.45, 7) is 8.60. The van der Waals surface area contributed by atoms with E-state index in [0.29, 0.717) is 24.4 Å². The minimum absolute atomic E-state index is 0.0951. The van der Waals surface area contributed by atoms with Crippen LogP contribution in [0.25, 0.3) is 0 Å². The second-order valence-corrected chi connectivity index (χ2v) is 11.0. The zero-order valence-corrected chi connectivity index (χ0v) is 17.8. The number of nitrogens with zero attached hydrogens (tertiary/aromatic N) is 2. The first-order valence-corrected chi connectivity index (χ1v) is 10.8. The Morgan fingerprint density at radius 3 is 1.92 bits per heavy atom. The molecular weight excluding hydrogens is 395 g/mol. The molecular formula is C18H24Cl2N2O3S. The van der Waals surface area contributed by atoms with Crippen molar-refractivity contribution in [1.29, 1.82) is 0 Å². The molecule has 0 radical (unpaired) electrons. The van der Waals surface area contributed by atoms with E-state index in [0.717, 1.165) is 16.7 Å². The van der Waals surface area contributed by atoms with E-state index in [1.165, 1.54) is 4.31 Å². The van der Waals surface area contributed by atoms with E-state index in [1.807, 2.05) is 32.9 Å². The Hall–Kier alpha value is -0.820. The summed E-state index contributed by atoms with van der Waals surface area (Å²) in [5.74, 6) is -0.0951. The van der Waals surface area contributed by atoms with Gasteiger partial charge in [-0.15, -0.1) is 23.2 Å². The molecule has 3 rings (SSSR count). The Bertz CT molecular complexity index is 838. The predicted octanol–water partition coefficient (Wildman–Crippen LogP) is 3.03. The van der Waals surface area contributed by atoms with Crippen LogP contribution in [-0.4, -0.2) is 54.0 Å². The van der Waals surface area contributed by atoms with E-state index in [1.54, 1.807) is 11.8 Å². The molecule has 2 aliphatic rings. The zero-order valence-electron chi connectivity index (χ0n) is 15.5. The molecule has 1 heterocycles. The summed E-state index contributed by atoms with van der Waals surface area (Å²) in [7, 11) is -3.59. The zero-order chi connectivity index (χ0) is 19.5. The Morgan fingerprint density at radius 2 is 1.50 bits per heavy atom. The molecule has 1 saturated carbocycles. The third-order valence-electron chi connectivity index (χ3n) is 5.46. The van der Waals surface area contributed by atoms with Gasteiger partial charge in [-0.25, -0.2) is 8.42 Å². The van der Waals surface area contributed by atoms with Gasteiger partial charge in [0.2, 0.25) is 15.9 Å². The average Bonchev–Trinajstić information content (AvgIpc) is 3.05. The number of rotatable bonds is 3. The highest BCUT2D eigenvalue weighted by Gasteiger charge is 2.68. The number of alkyl halides is 2. The van der Waals surface area contributed by atoms with E-state index >= 15 is 0 Å². The van der Waals surface area contributed by atoms with Crippen LogP contribution in [0.5, 0.6) is 0 Å². The molecule has 2 fully saturated rings. The Morgan fingerprint density at radius 1 is 1.04 bits per heavy atom. The number of sulfonamides is 1. The van der Waals surface area contributed by atoms with Gasteiger partial charge in [0.1, 0.15) is 4.33 Å². The number of carbonyl (C=O) groups excluding carboxylic acids is 1. The molecule has 0 bridgehead atoms. The van der Waals surface area contributed by atoms with Gasteiger partial charge in [-0.05, 0) is 45.2 Å². The van der Waals surface area contributed by atoms with Crippen LogP contribution < -0.4 is 0 Å². The monoisotopic (exact) mass is 418 g/mol. The first-order chi connectivity index (χ1) is 11.9. The Balaban J connectivity index is 1.75. The number of piperazine rings is 1. The molecule has 144 valence electrons. The normalized spacial score (nSPS) is 26.0. The number of hydrogen-bond acceptors (Lipinski definition) is 3. The highest BCUT2D eigenvalue weighted by atomic mass is 35.5. The van der Waals surface area contributed by atoms with Gasteiger partial charge in [-0.1, -0.05) is 17.7 Å². The fourth-order valence-electron chi connectivity index (χ4n) is 3.82. The molecule has 1 aliphatic heterocycles. The molecule has 1 saturated heterocycles. The predicted molar refractivity (Wildman–Crippen MR) is 103 cm³/mol. The van der Waals surface area contributed by atoms with Crippen molar-refractivity contribution in [2.45, 2.75) is 43.3 Å². The van der Waals surface area contributed by atoms with E-state index in [4.69, 9.17) is 23.2 Å². The lowest BCUT2D eigenvalue weighted by atomic mass is 10.1. The van der Waals surface area contributed by atoms with Gasteiger partial charge >= 0.3 is 0 Å². The molecule has 1 atom stereocenters. The van der Waals surface area contributed by atoms with E-state index in [9.17, 15) is 13.2 Å². The lowest BCUT2D eigenvalue weighted by Crippen LogP contribution is -2.52. The summed E-state index contributed by atoms with van der Waals surface area (Å²) in [6, 6.07) is 3.77. The minimum Gasteiger partial charge on any atom is -0.339 e. The van der Waals surface area contributed by atoms with Crippen molar-refractivity contribution in [3.05, 3.63) is 28.8 Å². The molecule has 8 heteroatoms. The van der Waals surface area contributed by atoms with Gasteiger partial charge in [0.05, 0.1) is 10.3 Å². The first kappa shape index (κ1) is 19.9. The van der Waals surface area contributed by atoms with Gasteiger partial charge in [0, 0.05) is 26.2 Å². The second kappa shape index (κ2) is 6.36. The van der Waals surface area contributed by atoms with Crippen molar-refractivity contribution < 1.29 is 13.2 Å². The van der Waals surface area contributed by atoms with Crippen LogP contribution in [0.15, 0.2) is 17.0 Å². The molecule has 5 nitrogen and oxygen atoms in total. The summed E-state index contributed by atoms with van der Waals surface area (Å²) in [5, 5.41) is 0. The molecule has 0 aromatic heterocycles. The molecule has 0 spiro atoms. The molecule has 1 aromatic rings. The van der Waals surface area contributed by atoms with Crippen LogP contribution in [0, 0.1) is 26.2 Å². The SMILES string of the molecule is Cc1cc(C)c(S(=O)(=O)N2CCN(C(=O)C3(C)CC3(Cl)Cl)CC2)c(C)c1. The molecule has 0 N–H and O–H groups in total. The quantitative estimate of drug-likeness (QED) is 0.708. The lowest BCUT2D eigenvalue weighted by molar-refractivity contribution is -0.137. The number of aryl methyl sites for hydroxylation is 3. The van der Waals surface area contributed by atoms with E-state index in [-0.39, 0.29) is 19.0 Å². The summed E-state index contributed by atoms with van der Waals surface area (Å²) >= 11 is 12.2. The maximum Gasteiger partial charge on any atom is 0.243 e. The summed E-state index contributed by atoms with van der Waals surface area (Å²) < 4.78 is 26.7. The number of benzene rings is 1. The molecule has 26 heavy (non-hydrogen) atoms. The van der Waals surface area contributed by atoms with Crippen LogP contribution in [0.4, 0.5) is 0 Å². The summed E-state index contributed by atoms with van der Waals surface area (Å²) in [5.41, 5.74) is 1.78. The van der Waals surface area contributed by atoms with E-state index in [2.05, 4.69) is 0 Å². The van der Waals surface area contributed by atoms with Crippen molar-refractivity contribution in [2.24, 2.45) is 5.41 Å². The third-order valence-corrected chi connectivity index (χ3v) is 8.76. The van der Waals surface area contributed by atoms with Crippen molar-refractivity contribution in [3.63, 3.8) is 0 Å². The van der Waals surface area contributed by atoms with Crippen LogP contribution in [-0.2, 0) is 14.8 Å². The standard InChI is InChI=1S/C18H24Cl2N2O3S/c1-12-9-13(2)15(14(3)10-12)26(24,25)22-7-5-21(6-8-22)16(23)17(4)11-18(17,19)20/h9-10H,5-8,11H2,1-4H3. The largest absolute Gasteiger partial charge is 0.339 e. The van der Waals surface area contributed by atoms with Gasteiger partial charge in [-0.3, -0.25) is 4.79 Å². The van der Waals surface area contributed by atoms with Crippen LogP contribution in [0.3, 0.4) is 0 Å². The smallest absolute Gasteiger partial charge is 0.243 e. The molecule has 1 aromatic carbocycles. The van der Waals surface area contributed by atoms with Crippen molar-refractivity contribution in [3.8, 4) is 0 Å². The van der Waals surface area contributed by atoms with Crippen molar-refractivity contribution >= 4 is 39.1 Å². The number of halogens is 2. The number of hydrogen-bond donors (Lipinski definition) is 0. The highest BCUT2D eigenvalue weighted by molar-refractivity contribution is 7.89. The maximum atomic E-state index is 13.1. The first-order valence-electron chi connectivity index (χ1n) is 8.65.